The molecule has 19 heavy (non-hydrogen) atoms. The van der Waals surface area contributed by atoms with Gasteiger partial charge >= 0.3 is 0 Å². The molecule has 2 amide bonds. The lowest BCUT2D eigenvalue weighted by Gasteiger charge is -2.25. The zero-order valence-corrected chi connectivity index (χ0v) is 11.4. The molecule has 6 nitrogen and oxygen atoms in total. The van der Waals surface area contributed by atoms with Crippen molar-refractivity contribution in [1.82, 2.24) is 20.0 Å². The summed E-state index contributed by atoms with van der Waals surface area (Å²) in [7, 11) is 0. The summed E-state index contributed by atoms with van der Waals surface area (Å²) in [4.78, 5) is 25.6. The van der Waals surface area contributed by atoms with E-state index >= 15 is 0 Å². The van der Waals surface area contributed by atoms with E-state index in [2.05, 4.69) is 10.4 Å². The molecule has 6 heteroatoms. The van der Waals surface area contributed by atoms with Crippen LogP contribution in [0.15, 0.2) is 12.3 Å². The van der Waals surface area contributed by atoms with E-state index in [1.165, 1.54) is 0 Å². The zero-order valence-electron chi connectivity index (χ0n) is 11.4. The number of aryl methyl sites for hydroxylation is 1. The lowest BCUT2D eigenvalue weighted by molar-refractivity contribution is -0.138. The largest absolute Gasteiger partial charge is 0.354 e. The number of amides is 2. The number of carbonyl (C=O) groups excluding carboxylic acids is 2. The second kappa shape index (κ2) is 5.86. The van der Waals surface area contributed by atoms with Gasteiger partial charge in [0.25, 0.3) is 0 Å². The average Bonchev–Trinajstić information content (AvgIpc) is 2.78. The van der Waals surface area contributed by atoms with Crippen LogP contribution in [-0.2, 0) is 22.6 Å². The molecule has 0 radical (unpaired) electrons. The summed E-state index contributed by atoms with van der Waals surface area (Å²) in [6.07, 6.45) is 2.91. The molecule has 2 heterocycles. The van der Waals surface area contributed by atoms with E-state index in [1.54, 1.807) is 16.5 Å². The summed E-state index contributed by atoms with van der Waals surface area (Å²) in [5.41, 5.74) is 0.753. The number of carbonyl (C=O) groups is 2. The first-order valence-corrected chi connectivity index (χ1v) is 6.71. The van der Waals surface area contributed by atoms with Crippen molar-refractivity contribution in [3.05, 3.63) is 18.0 Å². The molecule has 0 aliphatic carbocycles. The molecule has 1 aliphatic heterocycles. The lowest BCUT2D eigenvalue weighted by Crippen LogP contribution is -2.45. The van der Waals surface area contributed by atoms with Crippen LogP contribution >= 0.6 is 0 Å². The van der Waals surface area contributed by atoms with Crippen LogP contribution in [0.1, 0.15) is 26.0 Å². The number of hydrogen-bond acceptors (Lipinski definition) is 3. The molecule has 0 unspecified atom stereocenters. The summed E-state index contributed by atoms with van der Waals surface area (Å²) in [6.45, 7) is 5.81. The molecular formula is C13H20N4O2. The van der Waals surface area contributed by atoms with Crippen molar-refractivity contribution in [3.8, 4) is 0 Å². The summed E-state index contributed by atoms with van der Waals surface area (Å²) in [5.74, 6) is -0.115. The lowest BCUT2D eigenvalue weighted by atomic mass is 10.2. The molecule has 1 N–H and O–H groups in total. The molecule has 104 valence electrons. The molecule has 1 aromatic heterocycles. The van der Waals surface area contributed by atoms with Gasteiger partial charge in [0.15, 0.2) is 0 Å². The van der Waals surface area contributed by atoms with Gasteiger partial charge < -0.3 is 10.2 Å². The van der Waals surface area contributed by atoms with E-state index in [0.29, 0.717) is 13.1 Å². The summed E-state index contributed by atoms with van der Waals surface area (Å²) < 4.78 is 1.79. The molecular weight excluding hydrogens is 244 g/mol. The molecule has 0 saturated carbocycles. The minimum Gasteiger partial charge on any atom is -0.354 e. The minimum atomic E-state index is -0.400. The second-order valence-corrected chi connectivity index (χ2v) is 4.75. The normalized spacial score (nSPS) is 20.0. The topological polar surface area (TPSA) is 67.2 Å². The van der Waals surface area contributed by atoms with E-state index in [9.17, 15) is 9.59 Å². The Morgan fingerprint density at radius 2 is 2.37 bits per heavy atom. The number of aromatic nitrogens is 2. The van der Waals surface area contributed by atoms with Crippen molar-refractivity contribution < 1.29 is 9.59 Å². The van der Waals surface area contributed by atoms with Crippen molar-refractivity contribution in [1.29, 1.82) is 0 Å². The third-order valence-corrected chi connectivity index (χ3v) is 3.39. The van der Waals surface area contributed by atoms with Gasteiger partial charge in [-0.25, -0.2) is 0 Å². The van der Waals surface area contributed by atoms with E-state index in [1.807, 2.05) is 19.2 Å². The van der Waals surface area contributed by atoms with E-state index in [0.717, 1.165) is 18.7 Å². The number of rotatable bonds is 3. The number of nitrogens with one attached hydrogen (secondary N) is 1. The SMILES string of the molecule is CCn1ccc(CC(=O)N2CCCNC(=O)[C@@H]2C)n1. The Hall–Kier alpha value is -1.85. The Kier molecular flexibility index (Phi) is 4.19. The number of hydrogen-bond donors (Lipinski definition) is 1. The summed E-state index contributed by atoms with van der Waals surface area (Å²) in [5, 5.41) is 7.10. The minimum absolute atomic E-state index is 0.0362. The van der Waals surface area contributed by atoms with Gasteiger partial charge in [-0.1, -0.05) is 0 Å². The second-order valence-electron chi connectivity index (χ2n) is 4.75. The highest BCUT2D eigenvalue weighted by molar-refractivity contribution is 5.88. The van der Waals surface area contributed by atoms with Crippen molar-refractivity contribution in [3.63, 3.8) is 0 Å². The maximum Gasteiger partial charge on any atom is 0.242 e. The fourth-order valence-electron chi connectivity index (χ4n) is 2.22. The van der Waals surface area contributed by atoms with Gasteiger partial charge in [0.2, 0.25) is 11.8 Å². The van der Waals surface area contributed by atoms with Gasteiger partial charge in [-0.3, -0.25) is 14.3 Å². The predicted molar refractivity (Wildman–Crippen MR) is 70.4 cm³/mol. The maximum atomic E-state index is 12.3. The third-order valence-electron chi connectivity index (χ3n) is 3.39. The number of nitrogens with zero attached hydrogens (tertiary/aromatic N) is 3. The van der Waals surface area contributed by atoms with Crippen LogP contribution in [0.2, 0.25) is 0 Å². The molecule has 0 aromatic carbocycles. The van der Waals surface area contributed by atoms with Crippen molar-refractivity contribution in [2.75, 3.05) is 13.1 Å². The highest BCUT2D eigenvalue weighted by Crippen LogP contribution is 2.08. The average molecular weight is 264 g/mol. The first kappa shape index (κ1) is 13.6. The fraction of sp³-hybridized carbons (Fsp3) is 0.615. The Morgan fingerprint density at radius 1 is 1.58 bits per heavy atom. The van der Waals surface area contributed by atoms with E-state index in [4.69, 9.17) is 0 Å². The van der Waals surface area contributed by atoms with E-state index < -0.39 is 6.04 Å². The fourth-order valence-corrected chi connectivity index (χ4v) is 2.22. The monoisotopic (exact) mass is 264 g/mol. The molecule has 1 fully saturated rings. The van der Waals surface area contributed by atoms with Gasteiger partial charge in [0.05, 0.1) is 12.1 Å². The maximum absolute atomic E-state index is 12.3. The van der Waals surface area contributed by atoms with Crippen molar-refractivity contribution >= 4 is 11.8 Å². The van der Waals surface area contributed by atoms with Gasteiger partial charge in [-0.15, -0.1) is 0 Å². The molecule has 1 atom stereocenters. The molecule has 1 aromatic rings. The molecule has 2 rings (SSSR count). The molecule has 0 bridgehead atoms. The Bertz CT molecular complexity index is 469. The standard InChI is InChI=1S/C13H20N4O2/c1-3-16-8-5-11(15-16)9-12(18)17-7-4-6-14-13(19)10(17)2/h5,8,10H,3-4,6-7,9H2,1-2H3,(H,14,19)/t10-/m0/s1. The smallest absolute Gasteiger partial charge is 0.242 e. The summed E-state index contributed by atoms with van der Waals surface area (Å²) >= 11 is 0. The Morgan fingerprint density at radius 3 is 3.05 bits per heavy atom. The van der Waals surface area contributed by atoms with Crippen LogP contribution in [-0.4, -0.2) is 45.6 Å². The summed E-state index contributed by atoms with van der Waals surface area (Å²) in [6, 6.07) is 1.45. The van der Waals surface area contributed by atoms with Crippen molar-refractivity contribution in [2.24, 2.45) is 0 Å². The van der Waals surface area contributed by atoms with Crippen molar-refractivity contribution in [2.45, 2.75) is 39.3 Å². The van der Waals surface area contributed by atoms with Gasteiger partial charge in [-0.05, 0) is 26.3 Å². The molecule has 1 saturated heterocycles. The quantitative estimate of drug-likeness (QED) is 0.847. The van der Waals surface area contributed by atoms with Crippen LogP contribution in [0.5, 0.6) is 0 Å². The Labute approximate surface area is 112 Å². The predicted octanol–water partition coefficient (Wildman–Crippen LogP) is 0.182. The van der Waals surface area contributed by atoms with Crippen LogP contribution in [0.25, 0.3) is 0 Å². The van der Waals surface area contributed by atoms with Crippen LogP contribution in [0.4, 0.5) is 0 Å². The van der Waals surface area contributed by atoms with E-state index in [-0.39, 0.29) is 18.2 Å². The highest BCUT2D eigenvalue weighted by atomic mass is 16.2. The highest BCUT2D eigenvalue weighted by Gasteiger charge is 2.27. The first-order chi connectivity index (χ1) is 9.11. The Balaban J connectivity index is 2.03. The van der Waals surface area contributed by atoms with Crippen LogP contribution in [0.3, 0.4) is 0 Å². The first-order valence-electron chi connectivity index (χ1n) is 6.71. The van der Waals surface area contributed by atoms with Gasteiger partial charge in [0, 0.05) is 25.8 Å². The van der Waals surface area contributed by atoms with Gasteiger partial charge in [0.1, 0.15) is 6.04 Å². The van der Waals surface area contributed by atoms with Gasteiger partial charge in [-0.2, -0.15) is 5.10 Å². The zero-order chi connectivity index (χ0) is 13.8. The molecule has 0 spiro atoms. The molecule has 1 aliphatic rings. The van der Waals surface area contributed by atoms with Crippen LogP contribution < -0.4 is 5.32 Å². The third kappa shape index (κ3) is 3.13. The van der Waals surface area contributed by atoms with Crippen LogP contribution in [0, 0.1) is 0 Å².